The van der Waals surface area contributed by atoms with Crippen molar-refractivity contribution < 1.29 is 14.3 Å². The molecule has 1 aromatic heterocycles. The number of carbonyl (C=O) groups excluding carboxylic acids is 2. The first-order valence-electron chi connectivity index (χ1n) is 8.54. The maximum atomic E-state index is 12.8. The van der Waals surface area contributed by atoms with Crippen LogP contribution in [0.5, 0.6) is 0 Å². The number of benzene rings is 2. The molecule has 28 heavy (non-hydrogen) atoms. The molecule has 3 aromatic rings. The average molecular weight is 526 g/mol. The van der Waals surface area contributed by atoms with Crippen LogP contribution in [0.4, 0.5) is 5.00 Å². The van der Waals surface area contributed by atoms with E-state index < -0.39 is 5.97 Å². The number of amides is 1. The fourth-order valence-corrected chi connectivity index (χ4v) is 4.63. The number of rotatable bonds is 5. The van der Waals surface area contributed by atoms with E-state index in [2.05, 4.69) is 27.9 Å². The van der Waals surface area contributed by atoms with Gasteiger partial charge < -0.3 is 10.1 Å². The Bertz CT molecular complexity index is 1030. The number of hydrogen-bond donors (Lipinski definition) is 1. The van der Waals surface area contributed by atoms with Crippen molar-refractivity contribution in [3.63, 3.8) is 0 Å². The van der Waals surface area contributed by atoms with Crippen molar-refractivity contribution in [2.24, 2.45) is 0 Å². The quantitative estimate of drug-likeness (QED) is 0.309. The Kier molecular flexibility index (Phi) is 6.74. The maximum Gasteiger partial charge on any atom is 0.341 e. The van der Waals surface area contributed by atoms with Crippen LogP contribution in [0.1, 0.15) is 32.5 Å². The summed E-state index contributed by atoms with van der Waals surface area (Å²) in [5.41, 5.74) is 2.51. The minimum absolute atomic E-state index is 0.248. The molecular weight excluding hydrogens is 509 g/mol. The highest BCUT2D eigenvalue weighted by molar-refractivity contribution is 14.1. The molecule has 0 atom stereocenters. The van der Waals surface area contributed by atoms with Crippen molar-refractivity contribution in [2.75, 3.05) is 11.9 Å². The van der Waals surface area contributed by atoms with Gasteiger partial charge in [-0.3, -0.25) is 4.79 Å². The second-order valence-corrected chi connectivity index (χ2v) is 8.72. The van der Waals surface area contributed by atoms with Crippen molar-refractivity contribution in [1.29, 1.82) is 0 Å². The van der Waals surface area contributed by atoms with E-state index in [0.29, 0.717) is 21.2 Å². The highest BCUT2D eigenvalue weighted by Crippen LogP contribution is 2.41. The summed E-state index contributed by atoms with van der Waals surface area (Å²) in [6.07, 6.45) is 0. The van der Waals surface area contributed by atoms with Gasteiger partial charge in [0.1, 0.15) is 10.6 Å². The molecule has 1 heterocycles. The van der Waals surface area contributed by atoms with E-state index in [1.165, 1.54) is 11.3 Å². The zero-order chi connectivity index (χ0) is 20.3. The molecule has 0 spiro atoms. The Morgan fingerprint density at radius 1 is 1.14 bits per heavy atom. The van der Waals surface area contributed by atoms with E-state index in [-0.39, 0.29) is 12.5 Å². The van der Waals surface area contributed by atoms with Gasteiger partial charge in [0.2, 0.25) is 0 Å². The minimum Gasteiger partial charge on any atom is -0.462 e. The van der Waals surface area contributed by atoms with Gasteiger partial charge in [0.25, 0.3) is 5.91 Å². The number of halogens is 2. The Hall–Kier alpha value is -1.90. The van der Waals surface area contributed by atoms with Crippen LogP contribution in [-0.2, 0) is 4.74 Å². The zero-order valence-electron chi connectivity index (χ0n) is 15.2. The number of thiophene rings is 1. The molecule has 3 rings (SSSR count). The summed E-state index contributed by atoms with van der Waals surface area (Å²) >= 11 is 9.47. The summed E-state index contributed by atoms with van der Waals surface area (Å²) in [7, 11) is 0. The molecule has 4 nitrogen and oxygen atoms in total. The van der Waals surface area contributed by atoms with Crippen LogP contribution in [0.3, 0.4) is 0 Å². The summed E-state index contributed by atoms with van der Waals surface area (Å²) in [6.45, 7) is 3.92. The Morgan fingerprint density at radius 3 is 2.46 bits per heavy atom. The lowest BCUT2D eigenvalue weighted by Crippen LogP contribution is -2.15. The maximum absolute atomic E-state index is 12.8. The Morgan fingerprint density at radius 2 is 1.82 bits per heavy atom. The van der Waals surface area contributed by atoms with Crippen LogP contribution in [-0.4, -0.2) is 18.5 Å². The fraction of sp³-hybridized carbons (Fsp3) is 0.143. The topological polar surface area (TPSA) is 55.4 Å². The van der Waals surface area contributed by atoms with Crippen molar-refractivity contribution in [3.8, 4) is 11.1 Å². The minimum atomic E-state index is -0.463. The number of carbonyl (C=O) groups is 2. The molecule has 0 bridgehead atoms. The van der Waals surface area contributed by atoms with Crippen molar-refractivity contribution >= 4 is 62.4 Å². The largest absolute Gasteiger partial charge is 0.462 e. The van der Waals surface area contributed by atoms with E-state index in [1.54, 1.807) is 25.1 Å². The number of hydrogen-bond acceptors (Lipinski definition) is 4. The number of aryl methyl sites for hydroxylation is 1. The molecule has 1 N–H and O–H groups in total. The number of anilines is 1. The van der Waals surface area contributed by atoms with Gasteiger partial charge in [0.05, 0.1) is 12.2 Å². The highest BCUT2D eigenvalue weighted by atomic mass is 127. The fourth-order valence-electron chi connectivity index (χ4n) is 2.81. The van der Waals surface area contributed by atoms with E-state index in [4.69, 9.17) is 16.3 Å². The normalized spacial score (nSPS) is 10.6. The van der Waals surface area contributed by atoms with Crippen molar-refractivity contribution in [1.82, 2.24) is 0 Å². The second kappa shape index (κ2) is 9.07. The molecule has 0 saturated carbocycles. The van der Waals surface area contributed by atoms with Crippen LogP contribution in [0.25, 0.3) is 11.1 Å². The number of nitrogens with one attached hydrogen (secondary N) is 1. The predicted molar refractivity (Wildman–Crippen MR) is 123 cm³/mol. The van der Waals surface area contributed by atoms with Crippen LogP contribution >= 0.6 is 45.5 Å². The first-order valence-corrected chi connectivity index (χ1v) is 10.8. The molecule has 1 amide bonds. The van der Waals surface area contributed by atoms with Gasteiger partial charge in [-0.15, -0.1) is 11.3 Å². The monoisotopic (exact) mass is 525 g/mol. The molecule has 0 unspecified atom stereocenters. The molecule has 0 aliphatic rings. The molecule has 2 aromatic carbocycles. The zero-order valence-corrected chi connectivity index (χ0v) is 18.9. The summed E-state index contributed by atoms with van der Waals surface area (Å²) < 4.78 is 6.10. The molecule has 0 radical (unpaired) electrons. The lowest BCUT2D eigenvalue weighted by molar-refractivity contribution is 0.0529. The SMILES string of the molecule is CCOC(=O)c1c(NC(=O)c2ccccc2I)sc(C)c1-c1ccc(Cl)cc1. The molecule has 0 fully saturated rings. The van der Waals surface area contributed by atoms with E-state index in [1.807, 2.05) is 37.3 Å². The molecule has 7 heteroatoms. The Balaban J connectivity index is 2.07. The average Bonchev–Trinajstić information content (AvgIpc) is 2.98. The van der Waals surface area contributed by atoms with Crippen LogP contribution < -0.4 is 5.32 Å². The van der Waals surface area contributed by atoms with Gasteiger partial charge in [0.15, 0.2) is 0 Å². The third-order valence-electron chi connectivity index (χ3n) is 4.04. The first kappa shape index (κ1) is 20.8. The standard InChI is InChI=1S/C21H17ClINO3S/c1-3-27-21(26)18-17(13-8-10-14(22)11-9-13)12(2)28-20(18)24-19(25)15-6-4-5-7-16(15)23/h4-11H,3H2,1-2H3,(H,24,25). The van der Waals surface area contributed by atoms with Gasteiger partial charge in [-0.05, 0) is 66.3 Å². The molecular formula is C21H17ClINO3S. The summed E-state index contributed by atoms with van der Waals surface area (Å²) in [5.74, 6) is -0.727. The third-order valence-corrected chi connectivity index (χ3v) is 6.26. The second-order valence-electron chi connectivity index (χ2n) is 5.90. The van der Waals surface area contributed by atoms with E-state index >= 15 is 0 Å². The van der Waals surface area contributed by atoms with E-state index in [0.717, 1.165) is 19.6 Å². The number of esters is 1. The Labute approximate surface area is 186 Å². The highest BCUT2D eigenvalue weighted by Gasteiger charge is 2.26. The molecule has 0 saturated heterocycles. The summed E-state index contributed by atoms with van der Waals surface area (Å²) in [5, 5.41) is 3.99. The summed E-state index contributed by atoms with van der Waals surface area (Å²) in [4.78, 5) is 26.4. The van der Waals surface area contributed by atoms with Gasteiger partial charge in [0, 0.05) is 19.0 Å². The van der Waals surface area contributed by atoms with Gasteiger partial charge >= 0.3 is 5.97 Å². The lowest BCUT2D eigenvalue weighted by Gasteiger charge is -2.10. The predicted octanol–water partition coefficient (Wildman–Crippen LogP) is 6.41. The van der Waals surface area contributed by atoms with Gasteiger partial charge in [-0.1, -0.05) is 35.9 Å². The van der Waals surface area contributed by atoms with Gasteiger partial charge in [-0.2, -0.15) is 0 Å². The van der Waals surface area contributed by atoms with E-state index in [9.17, 15) is 9.59 Å². The van der Waals surface area contributed by atoms with Crippen molar-refractivity contribution in [3.05, 3.63) is 73.1 Å². The van der Waals surface area contributed by atoms with Crippen molar-refractivity contribution in [2.45, 2.75) is 13.8 Å². The summed E-state index contributed by atoms with van der Waals surface area (Å²) in [6, 6.07) is 14.5. The smallest absolute Gasteiger partial charge is 0.341 e. The van der Waals surface area contributed by atoms with Crippen LogP contribution in [0, 0.1) is 10.5 Å². The molecule has 0 aliphatic heterocycles. The first-order chi connectivity index (χ1) is 13.4. The lowest BCUT2D eigenvalue weighted by atomic mass is 10.0. The number of ether oxygens (including phenoxy) is 1. The van der Waals surface area contributed by atoms with Crippen LogP contribution in [0.2, 0.25) is 5.02 Å². The molecule has 144 valence electrons. The van der Waals surface area contributed by atoms with Crippen LogP contribution in [0.15, 0.2) is 48.5 Å². The third kappa shape index (κ3) is 4.39. The van der Waals surface area contributed by atoms with Gasteiger partial charge in [-0.25, -0.2) is 4.79 Å². The molecule has 0 aliphatic carbocycles.